The van der Waals surface area contributed by atoms with Gasteiger partial charge in [0.2, 0.25) is 0 Å². The van der Waals surface area contributed by atoms with Gasteiger partial charge in [-0.25, -0.2) is 0 Å². The summed E-state index contributed by atoms with van der Waals surface area (Å²) in [4.78, 5) is 4.51. The van der Waals surface area contributed by atoms with Crippen molar-refractivity contribution in [3.8, 4) is 0 Å². The molecule has 0 saturated carbocycles. The Morgan fingerprint density at radius 2 is 1.50 bits per heavy atom. The molecule has 0 radical (unpaired) electrons. The Morgan fingerprint density at radius 3 is 2.04 bits per heavy atom. The molecule has 0 spiro atoms. The number of nitrogens with one attached hydrogen (secondary N) is 1. The fourth-order valence-corrected chi connectivity index (χ4v) is 6.76. The molecule has 1 fully saturated rings. The third-order valence-electron chi connectivity index (χ3n) is 8.70. The van der Waals surface area contributed by atoms with Gasteiger partial charge in [-0.3, -0.25) is 0 Å². The molecule has 1 aromatic heterocycles. The van der Waals surface area contributed by atoms with Crippen molar-refractivity contribution in [1.82, 2.24) is 25.5 Å². The van der Waals surface area contributed by atoms with Gasteiger partial charge >= 0.3 is 18.5 Å². The molecule has 0 amide bonds. The molecule has 7 nitrogen and oxygen atoms in total. The summed E-state index contributed by atoms with van der Waals surface area (Å²) in [6, 6.07) is 1.99. The molecular formula is C30H34F9N7. The maximum absolute atomic E-state index is 14.4. The van der Waals surface area contributed by atoms with E-state index in [2.05, 4.69) is 20.7 Å². The van der Waals surface area contributed by atoms with Crippen LogP contribution in [0.25, 0.3) is 0 Å². The minimum Gasteiger partial charge on any atom is -0.371 e. The summed E-state index contributed by atoms with van der Waals surface area (Å²) < 4.78 is 126. The van der Waals surface area contributed by atoms with Crippen molar-refractivity contribution in [2.45, 2.75) is 70.6 Å². The average Bonchev–Trinajstić information content (AvgIpc) is 3.30. The van der Waals surface area contributed by atoms with Crippen LogP contribution >= 0.6 is 0 Å². The van der Waals surface area contributed by atoms with Gasteiger partial charge in [0.15, 0.2) is 0 Å². The zero-order chi connectivity index (χ0) is 33.6. The Kier molecular flexibility index (Phi) is 9.23. The minimum absolute atomic E-state index is 0.0221. The zero-order valence-electron chi connectivity index (χ0n) is 25.4. The maximum atomic E-state index is 14.4. The van der Waals surface area contributed by atoms with Gasteiger partial charge in [0, 0.05) is 25.3 Å². The van der Waals surface area contributed by atoms with Gasteiger partial charge in [0.1, 0.15) is 0 Å². The van der Waals surface area contributed by atoms with E-state index in [1.54, 1.807) is 0 Å². The van der Waals surface area contributed by atoms with Gasteiger partial charge in [0.25, 0.3) is 5.95 Å². The van der Waals surface area contributed by atoms with E-state index in [-0.39, 0.29) is 34.6 Å². The van der Waals surface area contributed by atoms with Crippen LogP contribution in [0.1, 0.15) is 70.7 Å². The number of alkyl halides is 9. The third kappa shape index (κ3) is 7.20. The number of tetrazole rings is 1. The lowest BCUT2D eigenvalue weighted by atomic mass is 9.90. The summed E-state index contributed by atoms with van der Waals surface area (Å²) in [5.41, 5.74) is -3.19. The number of anilines is 2. The van der Waals surface area contributed by atoms with Gasteiger partial charge in [-0.1, -0.05) is 11.2 Å². The Labute approximate surface area is 259 Å². The molecule has 46 heavy (non-hydrogen) atoms. The van der Waals surface area contributed by atoms with Crippen molar-refractivity contribution in [1.29, 1.82) is 0 Å². The number of benzene rings is 2. The molecule has 5 rings (SSSR count). The average molecular weight is 664 g/mol. The molecule has 252 valence electrons. The zero-order valence-corrected chi connectivity index (χ0v) is 25.4. The number of hydrogen-bond donors (Lipinski definition) is 1. The highest BCUT2D eigenvalue weighted by Gasteiger charge is 2.41. The van der Waals surface area contributed by atoms with Crippen LogP contribution in [-0.4, -0.2) is 46.4 Å². The Hall–Kier alpha value is -3.56. The number of nitrogens with zero attached hydrogens (tertiary/aromatic N) is 6. The highest BCUT2D eigenvalue weighted by Crippen LogP contribution is 2.47. The Morgan fingerprint density at radius 1 is 0.870 bits per heavy atom. The molecule has 0 bridgehead atoms. The van der Waals surface area contributed by atoms with E-state index in [0.717, 1.165) is 30.7 Å². The molecule has 2 aliphatic heterocycles. The van der Waals surface area contributed by atoms with Crippen molar-refractivity contribution in [2.24, 2.45) is 13.0 Å². The number of halogens is 9. The lowest BCUT2D eigenvalue weighted by Crippen LogP contribution is -2.37. The number of hydrogen-bond acceptors (Lipinski definition) is 6. The number of fused-ring (bicyclic) bond motifs is 1. The molecule has 0 aliphatic carbocycles. The lowest BCUT2D eigenvalue weighted by molar-refractivity contribution is -0.143. The van der Waals surface area contributed by atoms with Crippen LogP contribution in [0.5, 0.6) is 0 Å². The summed E-state index contributed by atoms with van der Waals surface area (Å²) in [5, 5.41) is 15.4. The van der Waals surface area contributed by atoms with Crippen molar-refractivity contribution in [3.63, 3.8) is 0 Å². The SMILES string of the molecule is Cc1cc2c(c(C)c1C(F)(F)F)N(CC1CCNCC1)CCCC2N(Cc1cc(C(F)(F)F)cc(C(F)(F)F)c1)c1nnn(C)n1. The van der Waals surface area contributed by atoms with Gasteiger partial charge in [-0.05, 0) is 104 Å². The largest absolute Gasteiger partial charge is 0.416 e. The van der Waals surface area contributed by atoms with Crippen LogP contribution in [0.4, 0.5) is 51.1 Å². The molecule has 1 saturated heterocycles. The van der Waals surface area contributed by atoms with Crippen LogP contribution in [-0.2, 0) is 32.1 Å². The van der Waals surface area contributed by atoms with E-state index in [1.807, 2.05) is 4.90 Å². The van der Waals surface area contributed by atoms with E-state index in [0.29, 0.717) is 49.3 Å². The monoisotopic (exact) mass is 663 g/mol. The summed E-state index contributed by atoms with van der Waals surface area (Å²) in [5.74, 6) is 0.149. The maximum Gasteiger partial charge on any atom is 0.416 e. The molecule has 3 heterocycles. The van der Waals surface area contributed by atoms with Crippen LogP contribution in [0.15, 0.2) is 24.3 Å². The van der Waals surface area contributed by atoms with Crippen molar-refractivity contribution in [3.05, 3.63) is 63.2 Å². The molecule has 16 heteroatoms. The van der Waals surface area contributed by atoms with Gasteiger partial charge in [0.05, 0.1) is 29.8 Å². The van der Waals surface area contributed by atoms with Crippen molar-refractivity contribution < 1.29 is 39.5 Å². The second-order valence-corrected chi connectivity index (χ2v) is 12.0. The minimum atomic E-state index is -5.06. The first-order valence-electron chi connectivity index (χ1n) is 14.9. The predicted molar refractivity (Wildman–Crippen MR) is 152 cm³/mol. The standard InChI is InChI=1S/C30H34F9N7/c1-17-11-23-24(5-4-10-45(15-19-6-8-40-9-7-19)26(23)18(2)25(17)30(37,38)39)46(27-41-43-44(3)42-27)16-20-12-21(28(31,32)33)14-22(13-20)29(34,35)36/h11-14,19,24,40H,4-10,15-16H2,1-3H3. The Bertz CT molecular complexity index is 1510. The smallest absolute Gasteiger partial charge is 0.371 e. The fraction of sp³-hybridized carbons (Fsp3) is 0.567. The number of rotatable bonds is 6. The molecule has 3 aromatic rings. The Balaban J connectivity index is 1.67. The molecule has 1 unspecified atom stereocenters. The lowest BCUT2D eigenvalue weighted by Gasteiger charge is -2.36. The van der Waals surface area contributed by atoms with Gasteiger partial charge in [-0.2, -0.15) is 44.3 Å². The van der Waals surface area contributed by atoms with Gasteiger partial charge < -0.3 is 15.1 Å². The predicted octanol–water partition coefficient (Wildman–Crippen LogP) is 7.23. The fourth-order valence-electron chi connectivity index (χ4n) is 6.76. The first kappa shape index (κ1) is 33.8. The van der Waals surface area contributed by atoms with Crippen LogP contribution in [0.3, 0.4) is 0 Å². The van der Waals surface area contributed by atoms with E-state index in [1.165, 1.54) is 31.9 Å². The second-order valence-electron chi connectivity index (χ2n) is 12.0. The molecule has 1 N–H and O–H groups in total. The molecule has 2 aliphatic rings. The second kappa shape index (κ2) is 12.6. The first-order chi connectivity index (χ1) is 21.4. The normalized spacial score (nSPS) is 18.4. The number of piperidine rings is 1. The first-order valence-corrected chi connectivity index (χ1v) is 14.9. The topological polar surface area (TPSA) is 62.1 Å². The van der Waals surface area contributed by atoms with Crippen LogP contribution in [0, 0.1) is 19.8 Å². The summed E-state index contributed by atoms with van der Waals surface area (Å²) in [7, 11) is 1.45. The van der Waals surface area contributed by atoms with Crippen molar-refractivity contribution >= 4 is 11.6 Å². The van der Waals surface area contributed by atoms with Crippen LogP contribution in [0.2, 0.25) is 0 Å². The van der Waals surface area contributed by atoms with E-state index in [9.17, 15) is 39.5 Å². The van der Waals surface area contributed by atoms with E-state index < -0.39 is 47.8 Å². The van der Waals surface area contributed by atoms with E-state index >= 15 is 0 Å². The van der Waals surface area contributed by atoms with Crippen LogP contribution < -0.4 is 15.1 Å². The third-order valence-corrected chi connectivity index (χ3v) is 8.70. The molecular weight excluding hydrogens is 629 g/mol. The molecule has 2 aromatic carbocycles. The highest BCUT2D eigenvalue weighted by atomic mass is 19.4. The number of aryl methyl sites for hydroxylation is 2. The quantitative estimate of drug-likeness (QED) is 0.281. The summed E-state index contributed by atoms with van der Waals surface area (Å²) in [6.07, 6.45) is -12.3. The van der Waals surface area contributed by atoms with Crippen molar-refractivity contribution in [2.75, 3.05) is 36.0 Å². The number of aromatic nitrogens is 4. The summed E-state index contributed by atoms with van der Waals surface area (Å²) >= 11 is 0. The summed E-state index contributed by atoms with van der Waals surface area (Å²) in [6.45, 7) is 4.78. The van der Waals surface area contributed by atoms with Gasteiger partial charge in [-0.15, -0.1) is 5.10 Å². The highest BCUT2D eigenvalue weighted by molar-refractivity contribution is 5.67. The molecule has 1 atom stereocenters. The van der Waals surface area contributed by atoms with E-state index in [4.69, 9.17) is 0 Å².